The first-order chi connectivity index (χ1) is 14.2. The number of anilines is 1. The molecule has 5 heteroatoms. The maximum atomic E-state index is 14.9. The van der Waals surface area contributed by atoms with Gasteiger partial charge in [0.05, 0.1) is 11.2 Å². The normalized spacial score (nSPS) is 18.4. The van der Waals surface area contributed by atoms with Crippen molar-refractivity contribution in [2.24, 2.45) is 0 Å². The van der Waals surface area contributed by atoms with E-state index in [-0.39, 0.29) is 11.2 Å². The molecule has 2 aliphatic rings. The van der Waals surface area contributed by atoms with E-state index in [1.807, 2.05) is 12.3 Å². The molecule has 4 nitrogen and oxygen atoms in total. The molecule has 1 N–H and O–H groups in total. The average molecular weight is 399 g/mol. The minimum atomic E-state index is -0.344. The van der Waals surface area contributed by atoms with Gasteiger partial charge in [-0.15, -0.1) is 0 Å². The predicted molar refractivity (Wildman–Crippen MR) is 115 cm³/mol. The van der Waals surface area contributed by atoms with Crippen LogP contribution >= 0.6 is 0 Å². The topological polar surface area (TPSA) is 51.1 Å². The Hall–Kier alpha value is -2.17. The lowest BCUT2D eigenvalue weighted by Gasteiger charge is -2.25. The summed E-state index contributed by atoms with van der Waals surface area (Å²) in [5.41, 5.74) is 1.95. The summed E-state index contributed by atoms with van der Waals surface area (Å²) in [6.45, 7) is 0. The maximum absolute atomic E-state index is 14.9. The highest BCUT2D eigenvalue weighted by Gasteiger charge is 2.22. The molecule has 0 amide bonds. The number of hydrogen-bond donors (Lipinski definition) is 1. The molecule has 2 aliphatic carbocycles. The van der Waals surface area contributed by atoms with Crippen molar-refractivity contribution in [3.63, 3.8) is 0 Å². The Morgan fingerprint density at radius 1 is 1.07 bits per heavy atom. The van der Waals surface area contributed by atoms with Crippen LogP contribution in [-0.2, 0) is 11.2 Å². The van der Waals surface area contributed by atoms with E-state index < -0.39 is 0 Å². The summed E-state index contributed by atoms with van der Waals surface area (Å²) < 4.78 is 17.2. The van der Waals surface area contributed by atoms with Crippen molar-refractivity contribution < 1.29 is 9.18 Å². The third-order valence-corrected chi connectivity index (χ3v) is 6.65. The number of unbranched alkanes of at least 4 members (excludes halogenated alkanes) is 1. The number of aldehydes is 1. The van der Waals surface area contributed by atoms with Crippen LogP contribution < -0.4 is 10.7 Å². The van der Waals surface area contributed by atoms with Crippen LogP contribution in [0.3, 0.4) is 0 Å². The number of rotatable bonds is 7. The van der Waals surface area contributed by atoms with Crippen molar-refractivity contribution in [2.75, 3.05) is 5.32 Å². The highest BCUT2D eigenvalue weighted by atomic mass is 19.1. The molecule has 2 aromatic rings. The molecule has 2 saturated carbocycles. The first kappa shape index (κ1) is 20.1. The highest BCUT2D eigenvalue weighted by molar-refractivity contribution is 5.83. The lowest BCUT2D eigenvalue weighted by atomic mass is 9.95. The lowest BCUT2D eigenvalue weighted by molar-refractivity contribution is -0.107. The molecular weight excluding hydrogens is 367 g/mol. The molecule has 0 atom stereocenters. The second kappa shape index (κ2) is 9.10. The Morgan fingerprint density at radius 2 is 1.79 bits per heavy atom. The minimum absolute atomic E-state index is 0.0942. The molecule has 29 heavy (non-hydrogen) atoms. The highest BCUT2D eigenvalue weighted by Crippen LogP contribution is 2.34. The van der Waals surface area contributed by atoms with Gasteiger partial charge in [-0.1, -0.05) is 32.1 Å². The molecule has 0 radical (unpaired) electrons. The van der Waals surface area contributed by atoms with Gasteiger partial charge in [0.25, 0.3) is 0 Å². The van der Waals surface area contributed by atoms with Gasteiger partial charge in [0, 0.05) is 35.7 Å². The van der Waals surface area contributed by atoms with Gasteiger partial charge >= 0.3 is 0 Å². The monoisotopic (exact) mass is 398 g/mol. The summed E-state index contributed by atoms with van der Waals surface area (Å²) in [4.78, 5) is 23.7. The Labute approximate surface area is 171 Å². The number of carbonyl (C=O) groups excluding carboxylic acids is 1. The number of carbonyl (C=O) groups is 1. The van der Waals surface area contributed by atoms with Gasteiger partial charge in [0.1, 0.15) is 12.1 Å². The number of nitrogens with one attached hydrogen (secondary N) is 1. The first-order valence-corrected chi connectivity index (χ1v) is 11.2. The van der Waals surface area contributed by atoms with E-state index in [1.54, 1.807) is 0 Å². The van der Waals surface area contributed by atoms with E-state index in [0.717, 1.165) is 37.5 Å². The molecule has 1 heterocycles. The van der Waals surface area contributed by atoms with Gasteiger partial charge in [-0.05, 0) is 50.7 Å². The largest absolute Gasteiger partial charge is 0.380 e. The fraction of sp³-hybridized carbons (Fsp3) is 0.583. The smallest absolute Gasteiger partial charge is 0.192 e. The molecule has 0 spiro atoms. The van der Waals surface area contributed by atoms with Crippen LogP contribution in [0.5, 0.6) is 0 Å². The third-order valence-electron chi connectivity index (χ3n) is 6.65. The summed E-state index contributed by atoms with van der Waals surface area (Å²) >= 11 is 0. The molecule has 0 aliphatic heterocycles. The average Bonchev–Trinajstić information content (AvgIpc) is 3.26. The lowest BCUT2D eigenvalue weighted by Crippen LogP contribution is -2.23. The van der Waals surface area contributed by atoms with Gasteiger partial charge in [-0.3, -0.25) is 4.79 Å². The summed E-state index contributed by atoms with van der Waals surface area (Å²) in [6, 6.07) is 3.95. The first-order valence-electron chi connectivity index (χ1n) is 11.2. The van der Waals surface area contributed by atoms with Crippen LogP contribution in [0.25, 0.3) is 10.9 Å². The summed E-state index contributed by atoms with van der Waals surface area (Å²) in [5.74, 6) is -0.344. The molecule has 2 fully saturated rings. The third kappa shape index (κ3) is 4.39. The molecule has 1 aromatic carbocycles. The zero-order valence-corrected chi connectivity index (χ0v) is 17.1. The summed E-state index contributed by atoms with van der Waals surface area (Å²) in [6.07, 6.45) is 14.9. The van der Waals surface area contributed by atoms with E-state index in [0.29, 0.717) is 48.0 Å². The van der Waals surface area contributed by atoms with Crippen molar-refractivity contribution in [1.82, 2.24) is 4.57 Å². The maximum Gasteiger partial charge on any atom is 0.192 e. The van der Waals surface area contributed by atoms with E-state index in [2.05, 4.69) is 9.88 Å². The van der Waals surface area contributed by atoms with Gasteiger partial charge in [-0.2, -0.15) is 0 Å². The standard InChI is InChI=1S/C24H31FN2O2/c25-21-14-20-23(15-22(21)26-18-9-2-1-3-10-18)27(19-11-4-5-12-19)16-17(24(20)29)8-6-7-13-28/h13-16,18-19,26H,1-12H2. The van der Waals surface area contributed by atoms with E-state index >= 15 is 0 Å². The molecule has 0 unspecified atom stereocenters. The zero-order chi connectivity index (χ0) is 20.2. The van der Waals surface area contributed by atoms with Crippen LogP contribution in [0, 0.1) is 5.82 Å². The number of nitrogens with zero attached hydrogens (tertiary/aromatic N) is 1. The number of benzene rings is 1. The van der Waals surface area contributed by atoms with Crippen LogP contribution in [0.15, 0.2) is 23.1 Å². The summed E-state index contributed by atoms with van der Waals surface area (Å²) in [7, 11) is 0. The molecule has 0 saturated heterocycles. The fourth-order valence-corrected chi connectivity index (χ4v) is 5.04. The number of fused-ring (bicyclic) bond motifs is 1. The molecule has 1 aromatic heterocycles. The number of halogens is 1. The van der Waals surface area contributed by atoms with E-state index in [1.165, 1.54) is 38.2 Å². The SMILES string of the molecule is O=CCCCc1cn(C2CCCC2)c2cc(NC3CCCCC3)c(F)cc2c1=O. The second-order valence-corrected chi connectivity index (χ2v) is 8.72. The minimum Gasteiger partial charge on any atom is -0.380 e. The van der Waals surface area contributed by atoms with Crippen molar-refractivity contribution in [1.29, 1.82) is 0 Å². The Morgan fingerprint density at radius 3 is 2.52 bits per heavy atom. The van der Waals surface area contributed by atoms with Crippen LogP contribution in [0.1, 0.15) is 82.2 Å². The number of aryl methyl sites for hydroxylation is 1. The fourth-order valence-electron chi connectivity index (χ4n) is 5.04. The van der Waals surface area contributed by atoms with E-state index in [4.69, 9.17) is 0 Å². The summed E-state index contributed by atoms with van der Waals surface area (Å²) in [5, 5.41) is 3.87. The Balaban J connectivity index is 1.76. The van der Waals surface area contributed by atoms with E-state index in [9.17, 15) is 14.0 Å². The van der Waals surface area contributed by atoms with Crippen molar-refractivity contribution in [3.05, 3.63) is 39.9 Å². The number of aromatic nitrogens is 1. The Kier molecular flexibility index (Phi) is 6.31. The molecule has 4 rings (SSSR count). The number of hydrogen-bond acceptors (Lipinski definition) is 3. The second-order valence-electron chi connectivity index (χ2n) is 8.72. The van der Waals surface area contributed by atoms with Crippen molar-refractivity contribution in [2.45, 2.75) is 89.1 Å². The Bertz CT molecular complexity index is 925. The molecular formula is C24H31FN2O2. The predicted octanol–water partition coefficient (Wildman–Crippen LogP) is 5.52. The van der Waals surface area contributed by atoms with Gasteiger partial charge < -0.3 is 14.7 Å². The van der Waals surface area contributed by atoms with Crippen molar-refractivity contribution in [3.8, 4) is 0 Å². The van der Waals surface area contributed by atoms with Crippen LogP contribution in [0.4, 0.5) is 10.1 Å². The molecule has 156 valence electrons. The quantitative estimate of drug-likeness (QED) is 0.493. The van der Waals surface area contributed by atoms with Gasteiger partial charge in [0.15, 0.2) is 5.43 Å². The van der Waals surface area contributed by atoms with Crippen LogP contribution in [0.2, 0.25) is 0 Å². The number of pyridine rings is 1. The van der Waals surface area contributed by atoms with Gasteiger partial charge in [0.2, 0.25) is 0 Å². The van der Waals surface area contributed by atoms with Crippen LogP contribution in [-0.4, -0.2) is 16.9 Å². The van der Waals surface area contributed by atoms with Gasteiger partial charge in [-0.25, -0.2) is 4.39 Å². The zero-order valence-electron chi connectivity index (χ0n) is 17.1. The van der Waals surface area contributed by atoms with Crippen molar-refractivity contribution >= 4 is 22.9 Å². The molecule has 0 bridgehead atoms.